The Morgan fingerprint density at radius 2 is 1.52 bits per heavy atom. The summed E-state index contributed by atoms with van der Waals surface area (Å²) in [6.07, 6.45) is 0.175. The highest BCUT2D eigenvalue weighted by atomic mass is 32.2. The molecule has 0 fully saturated rings. The van der Waals surface area contributed by atoms with Gasteiger partial charge in [-0.05, 0) is 41.5 Å². The average molecular weight is 562 g/mol. The van der Waals surface area contributed by atoms with Crippen LogP contribution >= 0.6 is 0 Å². The molecule has 4 aromatic carbocycles. The number of rotatable bonds is 11. The van der Waals surface area contributed by atoms with E-state index in [-0.39, 0.29) is 23.4 Å². The van der Waals surface area contributed by atoms with Gasteiger partial charge in [0, 0.05) is 32.1 Å². The smallest absolute Gasteiger partial charge is 0.243 e. The Hall–Kier alpha value is -4.08. The number of benzene rings is 4. The van der Waals surface area contributed by atoms with Gasteiger partial charge in [0.1, 0.15) is 11.9 Å². The first-order chi connectivity index (χ1) is 19.2. The standard InChI is InChI=1S/C31H32FN3O4S/c1-3-33-31(37)29(19-23-11-5-4-6-12-23)35(21-26-15-9-10-16-28(26)32)30(36)22-34(2)40(38,39)27-18-17-24-13-7-8-14-25(24)20-27/h4-18,20,29H,3,19,21-22H2,1-2H3,(H,33,37)/t29-/m0/s1. The van der Waals surface area contributed by atoms with E-state index in [0.29, 0.717) is 6.54 Å². The van der Waals surface area contributed by atoms with E-state index in [2.05, 4.69) is 5.32 Å². The van der Waals surface area contributed by atoms with Gasteiger partial charge >= 0.3 is 0 Å². The maximum absolute atomic E-state index is 14.7. The van der Waals surface area contributed by atoms with Crippen molar-refractivity contribution in [3.05, 3.63) is 114 Å². The van der Waals surface area contributed by atoms with Crippen molar-refractivity contribution in [1.29, 1.82) is 0 Å². The lowest BCUT2D eigenvalue weighted by Crippen LogP contribution is -2.53. The third kappa shape index (κ3) is 6.73. The second-order valence-electron chi connectivity index (χ2n) is 9.48. The summed E-state index contributed by atoms with van der Waals surface area (Å²) in [4.78, 5) is 28.4. The highest BCUT2D eigenvalue weighted by molar-refractivity contribution is 7.89. The summed E-state index contributed by atoms with van der Waals surface area (Å²) in [5.41, 5.74) is 1.03. The molecule has 1 atom stereocenters. The summed E-state index contributed by atoms with van der Waals surface area (Å²) >= 11 is 0. The molecule has 4 aromatic rings. The van der Waals surface area contributed by atoms with Gasteiger partial charge in [-0.15, -0.1) is 0 Å². The largest absolute Gasteiger partial charge is 0.355 e. The Labute approximate surface area is 234 Å². The summed E-state index contributed by atoms with van der Waals surface area (Å²) in [6.45, 7) is 1.37. The van der Waals surface area contributed by atoms with E-state index >= 15 is 0 Å². The molecule has 208 valence electrons. The van der Waals surface area contributed by atoms with Crippen molar-refractivity contribution in [2.75, 3.05) is 20.1 Å². The van der Waals surface area contributed by atoms with Gasteiger partial charge in [0.05, 0.1) is 11.4 Å². The van der Waals surface area contributed by atoms with Crippen LogP contribution in [0.2, 0.25) is 0 Å². The molecule has 0 aromatic heterocycles. The highest BCUT2D eigenvalue weighted by Crippen LogP contribution is 2.22. The van der Waals surface area contributed by atoms with Gasteiger partial charge in [-0.3, -0.25) is 9.59 Å². The molecule has 0 aliphatic heterocycles. The Balaban J connectivity index is 1.67. The maximum atomic E-state index is 14.7. The molecule has 1 N–H and O–H groups in total. The van der Waals surface area contributed by atoms with E-state index in [4.69, 9.17) is 0 Å². The SMILES string of the molecule is CCNC(=O)[C@H](Cc1ccccc1)N(Cc1ccccc1F)C(=O)CN(C)S(=O)(=O)c1ccc2ccccc2c1. The number of likely N-dealkylation sites (N-methyl/N-ethyl adjacent to an activating group) is 2. The van der Waals surface area contributed by atoms with Crippen LogP contribution in [0, 0.1) is 5.82 Å². The number of hydrogen-bond donors (Lipinski definition) is 1. The van der Waals surface area contributed by atoms with E-state index in [9.17, 15) is 22.4 Å². The van der Waals surface area contributed by atoms with E-state index in [0.717, 1.165) is 20.6 Å². The zero-order chi connectivity index (χ0) is 28.7. The minimum absolute atomic E-state index is 0.0479. The van der Waals surface area contributed by atoms with Gasteiger partial charge in [-0.2, -0.15) is 4.31 Å². The number of amides is 2. The Morgan fingerprint density at radius 3 is 2.23 bits per heavy atom. The monoisotopic (exact) mass is 561 g/mol. The zero-order valence-corrected chi connectivity index (χ0v) is 23.3. The van der Waals surface area contributed by atoms with Gasteiger partial charge in [-0.1, -0.05) is 78.9 Å². The van der Waals surface area contributed by atoms with Crippen LogP contribution in [0.4, 0.5) is 4.39 Å². The van der Waals surface area contributed by atoms with Crippen molar-refractivity contribution in [1.82, 2.24) is 14.5 Å². The molecule has 0 aliphatic rings. The number of nitrogens with one attached hydrogen (secondary N) is 1. The molecule has 0 saturated carbocycles. The lowest BCUT2D eigenvalue weighted by molar-refractivity contribution is -0.141. The number of fused-ring (bicyclic) bond motifs is 1. The lowest BCUT2D eigenvalue weighted by atomic mass is 10.0. The first-order valence-corrected chi connectivity index (χ1v) is 14.4. The normalized spacial score (nSPS) is 12.3. The molecule has 9 heteroatoms. The summed E-state index contributed by atoms with van der Waals surface area (Å²) in [6, 6.07) is 26.4. The first kappa shape index (κ1) is 28.9. The predicted octanol–water partition coefficient (Wildman–Crippen LogP) is 4.38. The van der Waals surface area contributed by atoms with Crippen molar-refractivity contribution in [2.24, 2.45) is 0 Å². The molecule has 0 saturated heterocycles. The van der Waals surface area contributed by atoms with Crippen LogP contribution in [0.1, 0.15) is 18.1 Å². The minimum atomic E-state index is -4.04. The molecule has 40 heavy (non-hydrogen) atoms. The fourth-order valence-electron chi connectivity index (χ4n) is 4.53. The number of hydrogen-bond acceptors (Lipinski definition) is 4. The fraction of sp³-hybridized carbons (Fsp3) is 0.226. The number of halogens is 1. The highest BCUT2D eigenvalue weighted by Gasteiger charge is 2.33. The minimum Gasteiger partial charge on any atom is -0.355 e. The van der Waals surface area contributed by atoms with Crippen molar-refractivity contribution in [2.45, 2.75) is 30.8 Å². The summed E-state index contributed by atoms with van der Waals surface area (Å²) in [7, 11) is -2.72. The number of carbonyl (C=O) groups is 2. The molecule has 0 unspecified atom stereocenters. The molecule has 4 rings (SSSR count). The van der Waals surface area contributed by atoms with Crippen LogP contribution in [0.5, 0.6) is 0 Å². The average Bonchev–Trinajstić information content (AvgIpc) is 2.96. The lowest BCUT2D eigenvalue weighted by Gasteiger charge is -2.32. The summed E-state index contributed by atoms with van der Waals surface area (Å²) in [5, 5.41) is 4.41. The van der Waals surface area contributed by atoms with Gasteiger partial charge in [-0.25, -0.2) is 12.8 Å². The Kier molecular flexibility index (Phi) is 9.29. The van der Waals surface area contributed by atoms with Crippen molar-refractivity contribution in [3.8, 4) is 0 Å². The van der Waals surface area contributed by atoms with Crippen LogP contribution in [0.3, 0.4) is 0 Å². The Morgan fingerprint density at radius 1 is 0.875 bits per heavy atom. The number of sulfonamides is 1. The topological polar surface area (TPSA) is 86.8 Å². The molecular formula is C31H32FN3O4S. The molecule has 2 amide bonds. The number of carbonyl (C=O) groups excluding carboxylic acids is 2. The first-order valence-electron chi connectivity index (χ1n) is 13.0. The molecule has 0 aliphatic carbocycles. The van der Waals surface area contributed by atoms with E-state index in [1.807, 2.05) is 54.6 Å². The maximum Gasteiger partial charge on any atom is 0.243 e. The van der Waals surface area contributed by atoms with Crippen LogP contribution in [-0.4, -0.2) is 55.6 Å². The van der Waals surface area contributed by atoms with Crippen molar-refractivity contribution >= 4 is 32.6 Å². The van der Waals surface area contributed by atoms with E-state index < -0.39 is 40.2 Å². The molecule has 0 spiro atoms. The molecular weight excluding hydrogens is 529 g/mol. The number of nitrogens with zero attached hydrogens (tertiary/aromatic N) is 2. The van der Waals surface area contributed by atoms with E-state index in [1.165, 1.54) is 24.1 Å². The third-order valence-corrected chi connectivity index (χ3v) is 8.51. The summed E-state index contributed by atoms with van der Waals surface area (Å²) < 4.78 is 42.6. The quantitative estimate of drug-likeness (QED) is 0.295. The second kappa shape index (κ2) is 12.8. The molecule has 0 bridgehead atoms. The van der Waals surface area contributed by atoms with Gasteiger partial charge in [0.15, 0.2) is 0 Å². The van der Waals surface area contributed by atoms with Gasteiger partial charge in [0.2, 0.25) is 21.8 Å². The van der Waals surface area contributed by atoms with Gasteiger partial charge < -0.3 is 10.2 Å². The zero-order valence-electron chi connectivity index (χ0n) is 22.5. The molecule has 0 heterocycles. The summed E-state index contributed by atoms with van der Waals surface area (Å²) in [5.74, 6) is -1.55. The van der Waals surface area contributed by atoms with Gasteiger partial charge in [0.25, 0.3) is 0 Å². The van der Waals surface area contributed by atoms with Crippen LogP contribution in [0.25, 0.3) is 10.8 Å². The van der Waals surface area contributed by atoms with Crippen LogP contribution in [0.15, 0.2) is 102 Å². The molecule has 0 radical (unpaired) electrons. The van der Waals surface area contributed by atoms with Crippen molar-refractivity contribution in [3.63, 3.8) is 0 Å². The fourth-order valence-corrected chi connectivity index (χ4v) is 5.69. The van der Waals surface area contributed by atoms with Crippen LogP contribution in [-0.2, 0) is 32.6 Å². The molecule has 7 nitrogen and oxygen atoms in total. The Bertz CT molecular complexity index is 1590. The van der Waals surface area contributed by atoms with E-state index in [1.54, 1.807) is 37.3 Å². The third-order valence-electron chi connectivity index (χ3n) is 6.71. The second-order valence-corrected chi connectivity index (χ2v) is 11.5. The van der Waals surface area contributed by atoms with Crippen molar-refractivity contribution < 1.29 is 22.4 Å². The predicted molar refractivity (Wildman–Crippen MR) is 153 cm³/mol. The van der Waals surface area contributed by atoms with Crippen LogP contribution < -0.4 is 5.32 Å².